The quantitative estimate of drug-likeness (QED) is 0.779. The molecule has 2 heteroatoms. The molecule has 0 heterocycles. The van der Waals surface area contributed by atoms with Gasteiger partial charge in [-0.1, -0.05) is 62.7 Å². The summed E-state index contributed by atoms with van der Waals surface area (Å²) in [7, 11) is 0. The molecule has 0 bridgehead atoms. The Labute approximate surface area is 127 Å². The lowest BCUT2D eigenvalue weighted by Gasteiger charge is -2.19. The lowest BCUT2D eigenvalue weighted by atomic mass is 9.87. The van der Waals surface area contributed by atoms with E-state index < -0.39 is 0 Å². The molecule has 0 amide bonds. The molecule has 20 heavy (non-hydrogen) atoms. The van der Waals surface area contributed by atoms with Gasteiger partial charge >= 0.3 is 0 Å². The molecule has 0 aromatic heterocycles. The first-order valence-corrected chi connectivity index (χ1v) is 7.34. The Kier molecular flexibility index (Phi) is 4.39. The van der Waals surface area contributed by atoms with Crippen molar-refractivity contribution in [2.75, 3.05) is 5.32 Å². The first-order chi connectivity index (χ1) is 9.38. The van der Waals surface area contributed by atoms with Crippen molar-refractivity contribution in [2.45, 2.75) is 39.7 Å². The fraction of sp³-hybridized carbons (Fsp3) is 0.333. The molecule has 2 aromatic rings. The van der Waals surface area contributed by atoms with Gasteiger partial charge in [0.1, 0.15) is 0 Å². The van der Waals surface area contributed by atoms with E-state index in [1.807, 2.05) is 19.1 Å². The van der Waals surface area contributed by atoms with Crippen LogP contribution in [0.5, 0.6) is 0 Å². The Morgan fingerprint density at radius 2 is 1.65 bits per heavy atom. The van der Waals surface area contributed by atoms with Crippen LogP contribution in [0.15, 0.2) is 42.5 Å². The average Bonchev–Trinajstić information content (AvgIpc) is 2.40. The number of anilines is 1. The van der Waals surface area contributed by atoms with Gasteiger partial charge in [-0.25, -0.2) is 0 Å². The fourth-order valence-electron chi connectivity index (χ4n) is 2.12. The summed E-state index contributed by atoms with van der Waals surface area (Å²) in [5, 5.41) is 4.25. The van der Waals surface area contributed by atoms with Crippen molar-refractivity contribution in [3.63, 3.8) is 0 Å². The second kappa shape index (κ2) is 5.88. The molecule has 0 atom stereocenters. The van der Waals surface area contributed by atoms with Gasteiger partial charge in [0.25, 0.3) is 0 Å². The van der Waals surface area contributed by atoms with Crippen LogP contribution < -0.4 is 5.32 Å². The molecule has 0 aliphatic rings. The van der Waals surface area contributed by atoms with Crippen molar-refractivity contribution in [1.82, 2.24) is 0 Å². The van der Waals surface area contributed by atoms with Crippen molar-refractivity contribution in [1.29, 1.82) is 0 Å². The number of rotatable bonds is 3. The van der Waals surface area contributed by atoms with Crippen LogP contribution >= 0.6 is 11.6 Å². The van der Waals surface area contributed by atoms with E-state index in [0.717, 1.165) is 22.8 Å². The standard InChI is InChI=1S/C18H22ClN/c1-13-16(19)6-5-7-17(13)20-12-14-8-10-15(11-9-14)18(2,3)4/h5-11,20H,12H2,1-4H3. The van der Waals surface area contributed by atoms with E-state index in [2.05, 4.69) is 56.4 Å². The average molecular weight is 288 g/mol. The number of hydrogen-bond donors (Lipinski definition) is 1. The van der Waals surface area contributed by atoms with Crippen LogP contribution in [-0.2, 0) is 12.0 Å². The summed E-state index contributed by atoms with van der Waals surface area (Å²) in [6.07, 6.45) is 0. The number of benzene rings is 2. The number of hydrogen-bond acceptors (Lipinski definition) is 1. The Hall–Kier alpha value is -1.47. The lowest BCUT2D eigenvalue weighted by molar-refractivity contribution is 0.590. The molecule has 2 rings (SSSR count). The molecule has 1 nitrogen and oxygen atoms in total. The molecule has 0 saturated heterocycles. The molecule has 0 radical (unpaired) electrons. The van der Waals surface area contributed by atoms with E-state index >= 15 is 0 Å². The molecule has 1 N–H and O–H groups in total. The van der Waals surface area contributed by atoms with E-state index in [1.165, 1.54) is 11.1 Å². The van der Waals surface area contributed by atoms with Crippen LogP contribution in [0, 0.1) is 6.92 Å². The topological polar surface area (TPSA) is 12.0 Å². The Morgan fingerprint density at radius 3 is 2.25 bits per heavy atom. The number of halogens is 1. The van der Waals surface area contributed by atoms with Crippen molar-refractivity contribution in [2.24, 2.45) is 0 Å². The molecule has 0 saturated carbocycles. The molecule has 0 spiro atoms. The third kappa shape index (κ3) is 3.55. The second-order valence-corrected chi connectivity index (χ2v) is 6.62. The van der Waals surface area contributed by atoms with E-state index in [0.29, 0.717) is 0 Å². The molecule has 0 aliphatic heterocycles. The summed E-state index contributed by atoms with van der Waals surface area (Å²) in [5.41, 5.74) is 5.03. The van der Waals surface area contributed by atoms with Crippen LogP contribution in [0.4, 0.5) is 5.69 Å². The van der Waals surface area contributed by atoms with Crippen LogP contribution in [0.3, 0.4) is 0 Å². The highest BCUT2D eigenvalue weighted by molar-refractivity contribution is 6.31. The van der Waals surface area contributed by atoms with E-state index in [4.69, 9.17) is 11.6 Å². The summed E-state index contributed by atoms with van der Waals surface area (Å²) < 4.78 is 0. The van der Waals surface area contributed by atoms with E-state index in [9.17, 15) is 0 Å². The van der Waals surface area contributed by atoms with Gasteiger partial charge in [0.05, 0.1) is 0 Å². The highest BCUT2D eigenvalue weighted by atomic mass is 35.5. The van der Waals surface area contributed by atoms with E-state index in [1.54, 1.807) is 0 Å². The smallest absolute Gasteiger partial charge is 0.0455 e. The van der Waals surface area contributed by atoms with Gasteiger partial charge in [-0.05, 0) is 41.2 Å². The summed E-state index contributed by atoms with van der Waals surface area (Å²) >= 11 is 6.13. The maximum atomic E-state index is 6.13. The zero-order valence-corrected chi connectivity index (χ0v) is 13.4. The minimum Gasteiger partial charge on any atom is -0.381 e. The second-order valence-electron chi connectivity index (χ2n) is 6.21. The molecule has 0 fully saturated rings. The van der Waals surface area contributed by atoms with Gasteiger partial charge < -0.3 is 5.32 Å². The van der Waals surface area contributed by atoms with Gasteiger partial charge in [0.2, 0.25) is 0 Å². The molecule has 2 aromatic carbocycles. The van der Waals surface area contributed by atoms with Crippen LogP contribution in [-0.4, -0.2) is 0 Å². The summed E-state index contributed by atoms with van der Waals surface area (Å²) in [6.45, 7) is 9.54. The maximum absolute atomic E-state index is 6.13. The molecule has 0 unspecified atom stereocenters. The van der Waals surface area contributed by atoms with Crippen molar-refractivity contribution >= 4 is 17.3 Å². The maximum Gasteiger partial charge on any atom is 0.0455 e. The minimum atomic E-state index is 0.204. The Morgan fingerprint density at radius 1 is 1.00 bits per heavy atom. The predicted octanol–water partition coefficient (Wildman–Crippen LogP) is 5.56. The van der Waals surface area contributed by atoms with Crippen LogP contribution in [0.1, 0.15) is 37.5 Å². The van der Waals surface area contributed by atoms with Gasteiger partial charge in [-0.15, -0.1) is 0 Å². The highest BCUT2D eigenvalue weighted by Crippen LogP contribution is 2.24. The first-order valence-electron chi connectivity index (χ1n) is 6.96. The van der Waals surface area contributed by atoms with Crippen molar-refractivity contribution < 1.29 is 0 Å². The van der Waals surface area contributed by atoms with Crippen LogP contribution in [0.2, 0.25) is 5.02 Å². The largest absolute Gasteiger partial charge is 0.381 e. The Bertz CT molecular complexity index is 579. The monoisotopic (exact) mass is 287 g/mol. The normalized spacial score (nSPS) is 11.4. The van der Waals surface area contributed by atoms with E-state index in [-0.39, 0.29) is 5.41 Å². The zero-order chi connectivity index (χ0) is 14.8. The van der Waals surface area contributed by atoms with Crippen LogP contribution in [0.25, 0.3) is 0 Å². The minimum absolute atomic E-state index is 0.204. The number of nitrogens with one attached hydrogen (secondary N) is 1. The van der Waals surface area contributed by atoms with Crippen molar-refractivity contribution in [3.8, 4) is 0 Å². The van der Waals surface area contributed by atoms with Crippen molar-refractivity contribution in [3.05, 3.63) is 64.2 Å². The molecule has 106 valence electrons. The third-order valence-corrected chi connectivity index (χ3v) is 3.98. The van der Waals surface area contributed by atoms with Gasteiger partial charge in [0.15, 0.2) is 0 Å². The fourth-order valence-corrected chi connectivity index (χ4v) is 2.29. The van der Waals surface area contributed by atoms with Gasteiger partial charge in [-0.3, -0.25) is 0 Å². The molecular formula is C18H22ClN. The summed E-state index contributed by atoms with van der Waals surface area (Å²) in [6, 6.07) is 14.7. The molecular weight excluding hydrogens is 266 g/mol. The summed E-state index contributed by atoms with van der Waals surface area (Å²) in [5.74, 6) is 0. The molecule has 0 aliphatic carbocycles. The van der Waals surface area contributed by atoms with Gasteiger partial charge in [0, 0.05) is 17.3 Å². The highest BCUT2D eigenvalue weighted by Gasteiger charge is 2.12. The Balaban J connectivity index is 2.06. The van der Waals surface area contributed by atoms with Gasteiger partial charge in [-0.2, -0.15) is 0 Å². The third-order valence-electron chi connectivity index (χ3n) is 3.57. The predicted molar refractivity (Wildman–Crippen MR) is 88.7 cm³/mol. The lowest BCUT2D eigenvalue weighted by Crippen LogP contribution is -2.11. The summed E-state index contributed by atoms with van der Waals surface area (Å²) in [4.78, 5) is 0. The zero-order valence-electron chi connectivity index (χ0n) is 12.6. The first kappa shape index (κ1) is 14.9. The SMILES string of the molecule is Cc1c(Cl)cccc1NCc1ccc(C(C)(C)C)cc1.